The molecule has 0 bridgehead atoms. The summed E-state index contributed by atoms with van der Waals surface area (Å²) in [4.78, 5) is 0. The molecule has 0 aromatic carbocycles. The molecule has 0 spiro atoms. The van der Waals surface area contributed by atoms with Gasteiger partial charge in [0.15, 0.2) is 0 Å². The molecule has 1 aliphatic rings. The van der Waals surface area contributed by atoms with Gasteiger partial charge in [-0.1, -0.05) is 50.5 Å². The molecular weight excluding hydrogens is 256 g/mol. The molecular formula is C20H30O. The minimum Gasteiger partial charge on any atom is -0.472 e. The Labute approximate surface area is 130 Å². The lowest BCUT2D eigenvalue weighted by atomic mass is 9.68. The van der Waals surface area contributed by atoms with Crippen LogP contribution in [0.4, 0.5) is 0 Å². The molecule has 0 amide bonds. The van der Waals surface area contributed by atoms with Crippen LogP contribution < -0.4 is 0 Å². The molecule has 1 unspecified atom stereocenters. The summed E-state index contributed by atoms with van der Waals surface area (Å²) in [5.41, 5.74) is 4.85. The molecule has 0 radical (unpaired) electrons. The summed E-state index contributed by atoms with van der Waals surface area (Å²) >= 11 is 0. The van der Waals surface area contributed by atoms with Crippen molar-refractivity contribution in [3.8, 4) is 0 Å². The Kier molecular flexibility index (Phi) is 5.50. The Morgan fingerprint density at radius 1 is 1.43 bits per heavy atom. The maximum absolute atomic E-state index is 5.10. The highest BCUT2D eigenvalue weighted by Crippen LogP contribution is 2.43. The van der Waals surface area contributed by atoms with E-state index in [0.29, 0.717) is 5.41 Å². The van der Waals surface area contributed by atoms with Crippen molar-refractivity contribution >= 4 is 0 Å². The van der Waals surface area contributed by atoms with E-state index in [4.69, 9.17) is 4.42 Å². The maximum Gasteiger partial charge on any atom is 0.0934 e. The van der Waals surface area contributed by atoms with E-state index in [2.05, 4.69) is 45.9 Å². The molecule has 0 N–H and O–H groups in total. The standard InChI is InChI=1S/C20H30O/c1-16(7-5-9-18-12-14-21-15-18)10-11-19-17(2)8-6-13-20(19,3)4/h7,11-12,14-15,17H,5-6,8-10,13H2,1-4H3. The molecule has 1 aliphatic carbocycles. The summed E-state index contributed by atoms with van der Waals surface area (Å²) in [5.74, 6) is 0.757. The Balaban J connectivity index is 1.89. The highest BCUT2D eigenvalue weighted by atomic mass is 16.3. The second-order valence-electron chi connectivity index (χ2n) is 7.26. The van der Waals surface area contributed by atoms with Gasteiger partial charge < -0.3 is 4.42 Å². The third kappa shape index (κ3) is 4.62. The predicted octanol–water partition coefficient (Wildman–Crippen LogP) is 6.32. The number of aryl methyl sites for hydroxylation is 1. The van der Waals surface area contributed by atoms with Gasteiger partial charge in [0.2, 0.25) is 0 Å². The first kappa shape index (κ1) is 16.1. The van der Waals surface area contributed by atoms with Crippen LogP contribution in [0.3, 0.4) is 0 Å². The van der Waals surface area contributed by atoms with Gasteiger partial charge in [-0.05, 0) is 62.0 Å². The SMILES string of the molecule is CC(=CCCc1ccoc1)CC=C1C(C)CCCC1(C)C. The van der Waals surface area contributed by atoms with Crippen LogP contribution in [-0.2, 0) is 6.42 Å². The first-order chi connectivity index (χ1) is 9.99. The van der Waals surface area contributed by atoms with Crippen molar-refractivity contribution in [1.29, 1.82) is 0 Å². The van der Waals surface area contributed by atoms with Crippen molar-refractivity contribution in [2.45, 2.75) is 66.2 Å². The second kappa shape index (κ2) is 7.15. The molecule has 1 aromatic heterocycles. The van der Waals surface area contributed by atoms with E-state index >= 15 is 0 Å². The minimum atomic E-state index is 0.398. The van der Waals surface area contributed by atoms with Gasteiger partial charge >= 0.3 is 0 Å². The topological polar surface area (TPSA) is 13.1 Å². The monoisotopic (exact) mass is 286 g/mol. The molecule has 1 heteroatoms. The Morgan fingerprint density at radius 2 is 2.24 bits per heavy atom. The zero-order valence-electron chi connectivity index (χ0n) is 14.1. The van der Waals surface area contributed by atoms with Gasteiger partial charge in [0.1, 0.15) is 0 Å². The van der Waals surface area contributed by atoms with Crippen LogP contribution in [0.2, 0.25) is 0 Å². The summed E-state index contributed by atoms with van der Waals surface area (Å²) in [5, 5.41) is 0. The summed E-state index contributed by atoms with van der Waals surface area (Å²) in [6, 6.07) is 2.05. The van der Waals surface area contributed by atoms with Gasteiger partial charge in [0, 0.05) is 0 Å². The molecule has 0 aliphatic heterocycles. The summed E-state index contributed by atoms with van der Waals surface area (Å²) in [6.45, 7) is 9.47. The van der Waals surface area contributed by atoms with E-state index in [0.717, 1.165) is 25.2 Å². The van der Waals surface area contributed by atoms with Crippen LogP contribution in [-0.4, -0.2) is 0 Å². The van der Waals surface area contributed by atoms with Gasteiger partial charge in [-0.2, -0.15) is 0 Å². The predicted molar refractivity (Wildman–Crippen MR) is 90.3 cm³/mol. The van der Waals surface area contributed by atoms with Crippen molar-refractivity contribution in [1.82, 2.24) is 0 Å². The van der Waals surface area contributed by atoms with E-state index < -0.39 is 0 Å². The molecule has 1 fully saturated rings. The van der Waals surface area contributed by atoms with E-state index in [-0.39, 0.29) is 0 Å². The number of allylic oxidation sites excluding steroid dienone is 4. The van der Waals surface area contributed by atoms with Crippen LogP contribution >= 0.6 is 0 Å². The lowest BCUT2D eigenvalue weighted by Crippen LogP contribution is -2.24. The summed E-state index contributed by atoms with van der Waals surface area (Å²) < 4.78 is 5.10. The van der Waals surface area contributed by atoms with E-state index in [1.807, 2.05) is 6.26 Å². The normalized spacial score (nSPS) is 24.5. The first-order valence-corrected chi connectivity index (χ1v) is 8.36. The fraction of sp³-hybridized carbons (Fsp3) is 0.600. The number of furan rings is 1. The molecule has 1 nitrogen and oxygen atoms in total. The zero-order valence-corrected chi connectivity index (χ0v) is 14.1. The van der Waals surface area contributed by atoms with Crippen molar-refractivity contribution in [2.75, 3.05) is 0 Å². The fourth-order valence-corrected chi connectivity index (χ4v) is 3.57. The molecule has 116 valence electrons. The van der Waals surface area contributed by atoms with E-state index in [1.54, 1.807) is 11.8 Å². The van der Waals surface area contributed by atoms with E-state index in [1.165, 1.54) is 30.4 Å². The third-order valence-corrected chi connectivity index (χ3v) is 4.90. The fourth-order valence-electron chi connectivity index (χ4n) is 3.57. The molecule has 2 rings (SSSR count). The average molecular weight is 286 g/mol. The van der Waals surface area contributed by atoms with Gasteiger partial charge in [-0.15, -0.1) is 0 Å². The largest absolute Gasteiger partial charge is 0.472 e. The van der Waals surface area contributed by atoms with Crippen LogP contribution in [0.5, 0.6) is 0 Å². The number of hydrogen-bond donors (Lipinski definition) is 0. The first-order valence-electron chi connectivity index (χ1n) is 8.36. The molecule has 21 heavy (non-hydrogen) atoms. The summed E-state index contributed by atoms with van der Waals surface area (Å²) in [7, 11) is 0. The summed E-state index contributed by atoms with van der Waals surface area (Å²) in [6.07, 6.45) is 15.8. The third-order valence-electron chi connectivity index (χ3n) is 4.90. The van der Waals surface area contributed by atoms with Gasteiger partial charge in [0.05, 0.1) is 12.5 Å². The number of hydrogen-bond acceptors (Lipinski definition) is 1. The van der Waals surface area contributed by atoms with Crippen molar-refractivity contribution in [3.05, 3.63) is 47.5 Å². The average Bonchev–Trinajstić information content (AvgIpc) is 2.90. The van der Waals surface area contributed by atoms with Crippen LogP contribution in [0.25, 0.3) is 0 Å². The Hall–Kier alpha value is -1.24. The number of rotatable bonds is 5. The van der Waals surface area contributed by atoms with E-state index in [9.17, 15) is 0 Å². The quantitative estimate of drug-likeness (QED) is 0.577. The highest BCUT2D eigenvalue weighted by Gasteiger charge is 2.30. The van der Waals surface area contributed by atoms with Crippen molar-refractivity contribution in [3.63, 3.8) is 0 Å². The molecule has 1 aromatic rings. The smallest absolute Gasteiger partial charge is 0.0934 e. The van der Waals surface area contributed by atoms with Crippen molar-refractivity contribution in [2.24, 2.45) is 11.3 Å². The lowest BCUT2D eigenvalue weighted by molar-refractivity contribution is 0.288. The van der Waals surface area contributed by atoms with Crippen LogP contribution in [0, 0.1) is 11.3 Å². The van der Waals surface area contributed by atoms with Gasteiger partial charge in [-0.25, -0.2) is 0 Å². The molecule has 1 saturated carbocycles. The molecule has 1 atom stereocenters. The second-order valence-corrected chi connectivity index (χ2v) is 7.26. The van der Waals surface area contributed by atoms with Crippen LogP contribution in [0.1, 0.15) is 65.4 Å². The maximum atomic E-state index is 5.10. The zero-order chi connectivity index (χ0) is 15.3. The van der Waals surface area contributed by atoms with Gasteiger partial charge in [0.25, 0.3) is 0 Å². The lowest BCUT2D eigenvalue weighted by Gasteiger charge is -2.37. The van der Waals surface area contributed by atoms with Crippen LogP contribution in [0.15, 0.2) is 46.3 Å². The highest BCUT2D eigenvalue weighted by molar-refractivity contribution is 5.20. The molecule has 1 heterocycles. The minimum absolute atomic E-state index is 0.398. The van der Waals surface area contributed by atoms with Gasteiger partial charge in [-0.3, -0.25) is 0 Å². The molecule has 0 saturated heterocycles. The van der Waals surface area contributed by atoms with Crippen molar-refractivity contribution < 1.29 is 4.42 Å². The Morgan fingerprint density at radius 3 is 2.90 bits per heavy atom. The Bertz CT molecular complexity index is 488.